The van der Waals surface area contributed by atoms with E-state index in [0.717, 1.165) is 4.57 Å². The molecule has 1 aromatic carbocycles. The largest absolute Gasteiger partial charge is 0.395 e. The first-order valence-corrected chi connectivity index (χ1v) is 11.1. The molecule has 2 rings (SSSR count). The number of nitrogens with zero attached hydrogens (tertiary/aromatic N) is 3. The van der Waals surface area contributed by atoms with E-state index in [4.69, 9.17) is 21.8 Å². The molecule has 188 valence electrons. The standard InChI is InChI=1S/C22H28ClF3N4O4/c23-17-5-3-16(4-6-17)18-14-21(34)30(19(28-18)2-1-7-22(24,25)26)15-20(33)27-8-9-29(10-12-31)11-13-32/h3-6,14,31-32H,1-2,7-13,15H2,(H,27,33). The van der Waals surface area contributed by atoms with E-state index < -0.39 is 30.6 Å². The van der Waals surface area contributed by atoms with Crippen molar-refractivity contribution in [1.29, 1.82) is 0 Å². The van der Waals surface area contributed by atoms with Crippen molar-refractivity contribution in [3.8, 4) is 11.3 Å². The Morgan fingerprint density at radius 1 is 1.12 bits per heavy atom. The van der Waals surface area contributed by atoms with Crippen molar-refractivity contribution in [2.45, 2.75) is 32.0 Å². The van der Waals surface area contributed by atoms with Gasteiger partial charge in [-0.1, -0.05) is 23.7 Å². The van der Waals surface area contributed by atoms with E-state index in [9.17, 15) is 22.8 Å². The number of benzene rings is 1. The average molecular weight is 505 g/mol. The van der Waals surface area contributed by atoms with Crippen molar-refractivity contribution in [1.82, 2.24) is 19.8 Å². The quantitative estimate of drug-likeness (QED) is 0.384. The van der Waals surface area contributed by atoms with Crippen molar-refractivity contribution in [2.75, 3.05) is 39.4 Å². The molecule has 0 fully saturated rings. The summed E-state index contributed by atoms with van der Waals surface area (Å²) in [5.41, 5.74) is 0.298. The molecule has 8 nitrogen and oxygen atoms in total. The van der Waals surface area contributed by atoms with Gasteiger partial charge in [-0.05, 0) is 18.6 Å². The molecule has 0 atom stereocenters. The molecule has 0 spiro atoms. The summed E-state index contributed by atoms with van der Waals surface area (Å²) < 4.78 is 39.0. The van der Waals surface area contributed by atoms with Crippen LogP contribution in [0.3, 0.4) is 0 Å². The normalized spacial score (nSPS) is 11.7. The van der Waals surface area contributed by atoms with Crippen LogP contribution in [0.5, 0.6) is 0 Å². The number of hydrogen-bond acceptors (Lipinski definition) is 6. The van der Waals surface area contributed by atoms with E-state index in [0.29, 0.717) is 30.2 Å². The lowest BCUT2D eigenvalue weighted by Crippen LogP contribution is -2.40. The minimum atomic E-state index is -4.34. The first-order chi connectivity index (χ1) is 16.1. The molecule has 0 bridgehead atoms. The topological polar surface area (TPSA) is 108 Å². The van der Waals surface area contributed by atoms with Crippen LogP contribution in [-0.2, 0) is 17.8 Å². The number of aryl methyl sites for hydroxylation is 1. The SMILES string of the molecule is O=C(Cn1c(CCCC(F)(F)F)nc(-c2ccc(Cl)cc2)cc1=O)NCCN(CCO)CCO. The smallest absolute Gasteiger partial charge is 0.389 e. The Morgan fingerprint density at radius 3 is 2.35 bits per heavy atom. The zero-order valence-corrected chi connectivity index (χ0v) is 19.3. The Bertz CT molecular complexity index is 978. The highest BCUT2D eigenvalue weighted by molar-refractivity contribution is 6.30. The third-order valence-electron chi connectivity index (χ3n) is 4.97. The number of aromatic nitrogens is 2. The number of carbonyl (C=O) groups excluding carboxylic acids is 1. The fourth-order valence-electron chi connectivity index (χ4n) is 3.30. The van der Waals surface area contributed by atoms with Gasteiger partial charge in [0.1, 0.15) is 12.4 Å². The maximum Gasteiger partial charge on any atom is 0.389 e. The fraction of sp³-hybridized carbons (Fsp3) is 0.500. The van der Waals surface area contributed by atoms with E-state index in [1.165, 1.54) is 6.07 Å². The molecule has 1 amide bonds. The van der Waals surface area contributed by atoms with E-state index in [2.05, 4.69) is 10.3 Å². The molecule has 0 saturated carbocycles. The lowest BCUT2D eigenvalue weighted by Gasteiger charge is -2.20. The Balaban J connectivity index is 2.17. The molecule has 34 heavy (non-hydrogen) atoms. The number of hydrogen-bond donors (Lipinski definition) is 3. The van der Waals surface area contributed by atoms with Gasteiger partial charge in [-0.3, -0.25) is 19.1 Å². The predicted octanol–water partition coefficient (Wildman–Crippen LogP) is 1.85. The molecule has 0 aliphatic carbocycles. The van der Waals surface area contributed by atoms with Crippen LogP contribution in [0.2, 0.25) is 5.02 Å². The van der Waals surface area contributed by atoms with E-state index >= 15 is 0 Å². The zero-order valence-electron chi connectivity index (χ0n) is 18.5. The molecule has 1 heterocycles. The molecule has 1 aromatic heterocycles. The second-order valence-electron chi connectivity index (χ2n) is 7.60. The molecule has 0 aliphatic rings. The number of halogens is 4. The highest BCUT2D eigenvalue weighted by atomic mass is 35.5. The number of carbonyl (C=O) groups is 1. The van der Waals surface area contributed by atoms with Gasteiger partial charge in [0.25, 0.3) is 5.56 Å². The van der Waals surface area contributed by atoms with Gasteiger partial charge in [-0.2, -0.15) is 13.2 Å². The summed E-state index contributed by atoms with van der Waals surface area (Å²) in [6, 6.07) is 7.74. The minimum Gasteiger partial charge on any atom is -0.395 e. The molecule has 3 N–H and O–H groups in total. The number of nitrogens with one attached hydrogen (secondary N) is 1. The Morgan fingerprint density at radius 2 is 1.76 bits per heavy atom. The molecule has 0 radical (unpaired) electrons. The van der Waals surface area contributed by atoms with Crippen LogP contribution >= 0.6 is 11.6 Å². The first kappa shape index (κ1) is 27.8. The number of aliphatic hydroxyl groups is 2. The van der Waals surface area contributed by atoms with Gasteiger partial charge in [0.2, 0.25) is 5.91 Å². The molecular weight excluding hydrogens is 477 g/mol. The number of amides is 1. The molecule has 0 aliphatic heterocycles. The second-order valence-corrected chi connectivity index (χ2v) is 8.03. The van der Waals surface area contributed by atoms with Crippen LogP contribution in [0.15, 0.2) is 35.1 Å². The summed E-state index contributed by atoms with van der Waals surface area (Å²) in [7, 11) is 0. The Hall–Kier alpha value is -2.47. The van der Waals surface area contributed by atoms with Crippen molar-refractivity contribution < 1.29 is 28.2 Å². The van der Waals surface area contributed by atoms with Gasteiger partial charge in [0.15, 0.2) is 0 Å². The van der Waals surface area contributed by atoms with Crippen molar-refractivity contribution in [2.24, 2.45) is 0 Å². The van der Waals surface area contributed by atoms with E-state index in [1.807, 2.05) is 0 Å². The highest BCUT2D eigenvalue weighted by Crippen LogP contribution is 2.23. The van der Waals surface area contributed by atoms with Crippen LogP contribution in [0.25, 0.3) is 11.3 Å². The summed E-state index contributed by atoms with van der Waals surface area (Å²) in [6.45, 7) is 0.631. The summed E-state index contributed by atoms with van der Waals surface area (Å²) in [5, 5.41) is 21.2. The molecular formula is C22H28ClF3N4O4. The number of alkyl halides is 3. The molecule has 12 heteroatoms. The average Bonchev–Trinajstić information content (AvgIpc) is 2.75. The van der Waals surface area contributed by atoms with Crippen LogP contribution in [0, 0.1) is 0 Å². The van der Waals surface area contributed by atoms with Crippen LogP contribution in [-0.4, -0.2) is 76.1 Å². The van der Waals surface area contributed by atoms with E-state index in [-0.39, 0.29) is 44.1 Å². The van der Waals surface area contributed by atoms with Crippen LogP contribution < -0.4 is 10.9 Å². The van der Waals surface area contributed by atoms with E-state index in [1.54, 1.807) is 29.2 Å². The minimum absolute atomic E-state index is 0.0824. The number of aliphatic hydroxyl groups excluding tert-OH is 2. The lowest BCUT2D eigenvalue weighted by atomic mass is 10.1. The highest BCUT2D eigenvalue weighted by Gasteiger charge is 2.26. The van der Waals surface area contributed by atoms with Gasteiger partial charge >= 0.3 is 6.18 Å². The van der Waals surface area contributed by atoms with Crippen LogP contribution in [0.1, 0.15) is 18.7 Å². The monoisotopic (exact) mass is 504 g/mol. The van der Waals surface area contributed by atoms with Gasteiger partial charge in [-0.25, -0.2) is 4.98 Å². The summed E-state index contributed by atoms with van der Waals surface area (Å²) in [5.74, 6) is -0.424. The zero-order chi connectivity index (χ0) is 25.1. The van der Waals surface area contributed by atoms with Gasteiger partial charge in [0, 0.05) is 55.7 Å². The van der Waals surface area contributed by atoms with Gasteiger partial charge < -0.3 is 15.5 Å². The van der Waals surface area contributed by atoms with Gasteiger partial charge in [0.05, 0.1) is 18.9 Å². The van der Waals surface area contributed by atoms with Crippen molar-refractivity contribution >= 4 is 17.5 Å². The summed E-state index contributed by atoms with van der Waals surface area (Å²) in [6.07, 6.45) is -5.79. The Labute approximate surface area is 200 Å². The van der Waals surface area contributed by atoms with Crippen LogP contribution in [0.4, 0.5) is 13.2 Å². The van der Waals surface area contributed by atoms with Crippen molar-refractivity contribution in [3.05, 3.63) is 51.5 Å². The van der Waals surface area contributed by atoms with Gasteiger partial charge in [-0.15, -0.1) is 0 Å². The molecule has 0 saturated heterocycles. The van der Waals surface area contributed by atoms with Crippen molar-refractivity contribution in [3.63, 3.8) is 0 Å². The third kappa shape index (κ3) is 9.41. The summed E-state index contributed by atoms with van der Waals surface area (Å²) >= 11 is 5.89. The summed E-state index contributed by atoms with van der Waals surface area (Å²) in [4.78, 5) is 31.3. The first-order valence-electron chi connectivity index (χ1n) is 10.8. The molecule has 0 unspecified atom stereocenters. The maximum absolute atomic E-state index is 12.8. The fourth-order valence-corrected chi connectivity index (χ4v) is 3.43. The third-order valence-corrected chi connectivity index (χ3v) is 5.22. The Kier molecular flexibility index (Phi) is 11.0. The predicted molar refractivity (Wildman–Crippen MR) is 122 cm³/mol. The lowest BCUT2D eigenvalue weighted by molar-refractivity contribution is -0.135. The molecule has 2 aromatic rings. The number of rotatable bonds is 13. The second kappa shape index (κ2) is 13.4. The maximum atomic E-state index is 12.8.